The van der Waals surface area contributed by atoms with Gasteiger partial charge in [-0.3, -0.25) is 4.90 Å². The van der Waals surface area contributed by atoms with Crippen LogP contribution in [0.5, 0.6) is 0 Å². The Hall–Kier alpha value is -0.600. The molecule has 1 fully saturated rings. The first-order valence-electron chi connectivity index (χ1n) is 19.0. The molecule has 0 amide bonds. The summed E-state index contributed by atoms with van der Waals surface area (Å²) in [5.74, 6) is 0. The zero-order valence-electron chi connectivity index (χ0n) is 28.7. The summed E-state index contributed by atoms with van der Waals surface area (Å²) in [5.41, 5.74) is 0. The summed E-state index contributed by atoms with van der Waals surface area (Å²) >= 11 is 0. The minimum absolute atomic E-state index is 0.842. The molecule has 0 N–H and O–H groups in total. The molecule has 1 rings (SSSR count). The Balaban J connectivity index is 2.06. The number of allylic oxidation sites excluding steroid dienone is 4. The van der Waals surface area contributed by atoms with Crippen LogP contribution in [0.25, 0.3) is 0 Å². The Labute approximate surface area is 260 Å². The van der Waals surface area contributed by atoms with Gasteiger partial charge in [-0.25, -0.2) is 0 Å². The van der Waals surface area contributed by atoms with Gasteiger partial charge in [-0.1, -0.05) is 147 Å². The first kappa shape index (κ1) is 38.4. The second kappa shape index (κ2) is 30.8. The van der Waals surface area contributed by atoms with Crippen LogP contribution < -0.4 is 0 Å². The van der Waals surface area contributed by atoms with Gasteiger partial charge in [-0.05, 0) is 71.3 Å². The van der Waals surface area contributed by atoms with Crippen molar-refractivity contribution in [3.8, 4) is 0 Å². The normalized spacial score (nSPS) is 16.0. The van der Waals surface area contributed by atoms with Crippen molar-refractivity contribution in [2.24, 2.45) is 0 Å². The Morgan fingerprint density at radius 3 is 1.10 bits per heavy atom. The van der Waals surface area contributed by atoms with Gasteiger partial charge in [0.05, 0.1) is 0 Å². The van der Waals surface area contributed by atoms with Crippen LogP contribution in [0.15, 0.2) is 24.3 Å². The predicted octanol–water partition coefficient (Wildman–Crippen LogP) is 12.3. The van der Waals surface area contributed by atoms with Crippen LogP contribution in [0.3, 0.4) is 0 Å². The lowest BCUT2D eigenvalue weighted by Gasteiger charge is -2.38. The van der Waals surface area contributed by atoms with Crippen molar-refractivity contribution in [1.29, 1.82) is 0 Å². The fourth-order valence-corrected chi connectivity index (χ4v) is 6.42. The Morgan fingerprint density at radius 1 is 0.415 bits per heavy atom. The van der Waals surface area contributed by atoms with E-state index in [0.29, 0.717) is 0 Å². The molecule has 2 nitrogen and oxygen atoms in total. The largest absolute Gasteiger partial charge is 0.304 e. The van der Waals surface area contributed by atoms with Crippen molar-refractivity contribution >= 4 is 0 Å². The Kier molecular flexibility index (Phi) is 28.9. The third-order valence-corrected chi connectivity index (χ3v) is 9.40. The van der Waals surface area contributed by atoms with Crippen LogP contribution in [-0.2, 0) is 0 Å². The van der Waals surface area contributed by atoms with Crippen molar-refractivity contribution in [3.05, 3.63) is 24.3 Å². The molecule has 1 heterocycles. The molecule has 0 aromatic rings. The van der Waals surface area contributed by atoms with Gasteiger partial charge in [0.15, 0.2) is 0 Å². The van der Waals surface area contributed by atoms with E-state index >= 15 is 0 Å². The van der Waals surface area contributed by atoms with Gasteiger partial charge in [-0.2, -0.15) is 0 Å². The third kappa shape index (κ3) is 25.6. The summed E-state index contributed by atoms with van der Waals surface area (Å²) in [5, 5.41) is 0. The number of rotatable bonds is 30. The summed E-state index contributed by atoms with van der Waals surface area (Å²) in [4.78, 5) is 5.36. The topological polar surface area (TPSA) is 6.48 Å². The second-order valence-corrected chi connectivity index (χ2v) is 13.4. The average molecular weight is 573 g/mol. The van der Waals surface area contributed by atoms with Crippen molar-refractivity contribution in [3.63, 3.8) is 0 Å². The standard InChI is InChI=1S/C39H76N2/c1-4-6-8-10-12-14-16-18-20-22-24-26-28-30-32-34-39(41-37-35-40(3)36-38-41)33-31-29-27-25-23-21-19-17-15-13-11-9-7-5-2/h17-20,39H,4-16,21-38H2,1-3H3/b19-17-,20-18-. The molecule has 41 heavy (non-hydrogen) atoms. The van der Waals surface area contributed by atoms with Gasteiger partial charge in [0.1, 0.15) is 0 Å². The van der Waals surface area contributed by atoms with Gasteiger partial charge in [-0.15, -0.1) is 0 Å². The molecule has 0 aliphatic carbocycles. The minimum Gasteiger partial charge on any atom is -0.304 e. The lowest BCUT2D eigenvalue weighted by molar-refractivity contribution is 0.0989. The summed E-state index contributed by atoms with van der Waals surface area (Å²) in [6.07, 6.45) is 47.6. The molecular formula is C39H76N2. The van der Waals surface area contributed by atoms with Crippen molar-refractivity contribution in [1.82, 2.24) is 9.80 Å². The van der Waals surface area contributed by atoms with E-state index in [1.807, 2.05) is 0 Å². The van der Waals surface area contributed by atoms with E-state index in [4.69, 9.17) is 0 Å². The fourth-order valence-electron chi connectivity index (χ4n) is 6.42. The fraction of sp³-hybridized carbons (Fsp3) is 0.897. The molecule has 1 aliphatic heterocycles. The molecule has 0 spiro atoms. The quantitative estimate of drug-likeness (QED) is 0.0624. The maximum atomic E-state index is 2.85. The van der Waals surface area contributed by atoms with Gasteiger partial charge in [0.2, 0.25) is 0 Å². The second-order valence-electron chi connectivity index (χ2n) is 13.4. The van der Waals surface area contributed by atoms with Crippen LogP contribution in [0.1, 0.15) is 187 Å². The SMILES string of the molecule is CCCCCCC/C=C\CCCCCCCC(CCCCCCC/C=C\CCCCCCCC)N1CCN(C)CC1. The molecule has 0 radical (unpaired) electrons. The zero-order valence-corrected chi connectivity index (χ0v) is 28.7. The molecule has 0 aromatic heterocycles. The number of likely N-dealkylation sites (N-methyl/N-ethyl adjacent to an activating group) is 1. The summed E-state index contributed by atoms with van der Waals surface area (Å²) < 4.78 is 0. The highest BCUT2D eigenvalue weighted by atomic mass is 15.3. The van der Waals surface area contributed by atoms with Crippen LogP contribution in [0, 0.1) is 0 Å². The smallest absolute Gasteiger partial charge is 0.0113 e. The maximum absolute atomic E-state index is 2.85. The van der Waals surface area contributed by atoms with Gasteiger partial charge < -0.3 is 4.90 Å². The highest BCUT2D eigenvalue weighted by molar-refractivity contribution is 4.82. The number of hydrogen-bond acceptors (Lipinski definition) is 2. The first-order chi connectivity index (χ1) is 20.3. The molecule has 1 unspecified atom stereocenters. The highest BCUT2D eigenvalue weighted by Gasteiger charge is 2.21. The molecule has 1 atom stereocenters. The van der Waals surface area contributed by atoms with Crippen molar-refractivity contribution in [2.45, 2.75) is 193 Å². The molecule has 242 valence electrons. The summed E-state index contributed by atoms with van der Waals surface area (Å²) in [6.45, 7) is 9.69. The number of unbranched alkanes of at least 4 members (excludes halogenated alkanes) is 21. The summed E-state index contributed by atoms with van der Waals surface area (Å²) in [6, 6.07) is 0.842. The Morgan fingerprint density at radius 2 is 0.732 bits per heavy atom. The maximum Gasteiger partial charge on any atom is 0.0113 e. The van der Waals surface area contributed by atoms with Crippen molar-refractivity contribution < 1.29 is 0 Å². The van der Waals surface area contributed by atoms with E-state index in [2.05, 4.69) is 55.0 Å². The lowest BCUT2D eigenvalue weighted by atomic mass is 9.98. The molecular weight excluding hydrogens is 496 g/mol. The van der Waals surface area contributed by atoms with E-state index in [-0.39, 0.29) is 0 Å². The molecule has 0 saturated carbocycles. The molecule has 1 saturated heterocycles. The van der Waals surface area contributed by atoms with Gasteiger partial charge >= 0.3 is 0 Å². The highest BCUT2D eigenvalue weighted by Crippen LogP contribution is 2.20. The monoisotopic (exact) mass is 573 g/mol. The molecule has 2 heteroatoms. The number of piperazine rings is 1. The van der Waals surface area contributed by atoms with Gasteiger partial charge in [0, 0.05) is 32.2 Å². The van der Waals surface area contributed by atoms with Crippen molar-refractivity contribution in [2.75, 3.05) is 33.2 Å². The number of hydrogen-bond donors (Lipinski definition) is 0. The summed E-state index contributed by atoms with van der Waals surface area (Å²) in [7, 11) is 2.29. The van der Waals surface area contributed by atoms with Gasteiger partial charge in [0.25, 0.3) is 0 Å². The van der Waals surface area contributed by atoms with Crippen LogP contribution in [-0.4, -0.2) is 49.1 Å². The van der Waals surface area contributed by atoms with E-state index in [1.165, 1.54) is 200 Å². The van der Waals surface area contributed by atoms with Crippen LogP contribution >= 0.6 is 0 Å². The number of nitrogens with zero attached hydrogens (tertiary/aromatic N) is 2. The van der Waals surface area contributed by atoms with E-state index in [0.717, 1.165) is 6.04 Å². The average Bonchev–Trinajstić information content (AvgIpc) is 2.98. The van der Waals surface area contributed by atoms with E-state index in [1.54, 1.807) is 0 Å². The van der Waals surface area contributed by atoms with Crippen LogP contribution in [0.2, 0.25) is 0 Å². The predicted molar refractivity (Wildman–Crippen MR) is 187 cm³/mol. The molecule has 0 aromatic carbocycles. The van der Waals surface area contributed by atoms with E-state index in [9.17, 15) is 0 Å². The zero-order chi connectivity index (χ0) is 29.5. The lowest BCUT2D eigenvalue weighted by Crippen LogP contribution is -2.49. The van der Waals surface area contributed by atoms with E-state index < -0.39 is 0 Å². The molecule has 0 bridgehead atoms. The molecule has 1 aliphatic rings. The van der Waals surface area contributed by atoms with Crippen LogP contribution in [0.4, 0.5) is 0 Å². The Bertz CT molecular complexity index is 560. The minimum atomic E-state index is 0.842. The third-order valence-electron chi connectivity index (χ3n) is 9.40. The first-order valence-corrected chi connectivity index (χ1v) is 19.0.